The Morgan fingerprint density at radius 1 is 0.923 bits per heavy atom. The van der Waals surface area contributed by atoms with E-state index in [9.17, 15) is 8.42 Å². The molecule has 0 N–H and O–H groups in total. The van der Waals surface area contributed by atoms with Crippen LogP contribution in [0.4, 0.5) is 0 Å². The minimum absolute atomic E-state index is 0.828. The van der Waals surface area contributed by atoms with Crippen LogP contribution >= 0.6 is 0 Å². The highest BCUT2D eigenvalue weighted by Gasteiger charge is 1.96. The fraction of sp³-hybridized carbons (Fsp3) is 0.400. The van der Waals surface area contributed by atoms with E-state index in [2.05, 4.69) is 11.5 Å². The summed E-state index contributed by atoms with van der Waals surface area (Å²) in [6.45, 7) is 7.15. The molecule has 0 unspecified atom stereocenters. The van der Waals surface area contributed by atoms with E-state index < -0.39 is 9.84 Å². The van der Waals surface area contributed by atoms with Crippen LogP contribution in [0.25, 0.3) is 0 Å². The average Bonchev–Trinajstić information content (AvgIpc) is 1.98. The molecule has 0 aliphatic carbocycles. The number of rotatable bonds is 2. The molecule has 0 aromatic heterocycles. The van der Waals surface area contributed by atoms with Crippen LogP contribution in [0.15, 0.2) is 33.4 Å². The van der Waals surface area contributed by atoms with Crippen LogP contribution in [-0.2, 0) is 9.84 Å². The molecule has 0 spiro atoms. The lowest BCUT2D eigenvalue weighted by Gasteiger charge is -1.83. The van der Waals surface area contributed by atoms with E-state index in [-0.39, 0.29) is 0 Å². The molecule has 0 saturated heterocycles. The summed E-state index contributed by atoms with van der Waals surface area (Å²) in [6.07, 6.45) is 0. The molecule has 2 nitrogen and oxygen atoms in total. The first-order valence-electron chi connectivity index (χ1n) is 3.88. The Kier molecular flexibility index (Phi) is 4.50. The molecule has 0 rings (SSSR count). The zero-order valence-electron chi connectivity index (χ0n) is 8.38. The molecule has 13 heavy (non-hydrogen) atoms. The second-order valence-electron chi connectivity index (χ2n) is 3.11. The minimum Gasteiger partial charge on any atom is -0.218 e. The second-order valence-corrected chi connectivity index (χ2v) is 4.76. The van der Waals surface area contributed by atoms with Crippen molar-refractivity contribution < 1.29 is 8.42 Å². The Bertz CT molecular complexity index is 356. The van der Waals surface area contributed by atoms with Crippen molar-refractivity contribution in [1.82, 2.24) is 0 Å². The molecule has 72 valence electrons. The van der Waals surface area contributed by atoms with Crippen LogP contribution in [0.5, 0.6) is 0 Å². The smallest absolute Gasteiger partial charge is 0.207 e. The largest absolute Gasteiger partial charge is 0.218 e. The highest BCUT2D eigenvalue weighted by Crippen LogP contribution is 1.96. The van der Waals surface area contributed by atoms with Crippen molar-refractivity contribution in [2.75, 3.05) is 0 Å². The van der Waals surface area contributed by atoms with Gasteiger partial charge in [-0.25, -0.2) is 8.42 Å². The highest BCUT2D eigenvalue weighted by atomic mass is 32.2. The first kappa shape index (κ1) is 12.0. The Morgan fingerprint density at radius 3 is 1.46 bits per heavy atom. The summed E-state index contributed by atoms with van der Waals surface area (Å²) >= 11 is 0. The lowest BCUT2D eigenvalue weighted by Crippen LogP contribution is -1.85. The second kappa shape index (κ2) is 4.88. The SMILES string of the molecule is CC(C)=C=CS(=O)(=O)C=C=C(C)C. The molecule has 0 amide bonds. The lowest BCUT2D eigenvalue weighted by atomic mass is 10.4. The van der Waals surface area contributed by atoms with Crippen molar-refractivity contribution in [2.45, 2.75) is 27.7 Å². The normalized spacial score (nSPS) is 9.54. The van der Waals surface area contributed by atoms with Crippen molar-refractivity contribution in [3.63, 3.8) is 0 Å². The molecule has 0 aromatic rings. The van der Waals surface area contributed by atoms with Crippen molar-refractivity contribution in [2.24, 2.45) is 0 Å². The van der Waals surface area contributed by atoms with Crippen LogP contribution in [-0.4, -0.2) is 8.42 Å². The molecule has 0 aliphatic rings. The van der Waals surface area contributed by atoms with Crippen LogP contribution in [0.1, 0.15) is 27.7 Å². The molecule has 0 heterocycles. The van der Waals surface area contributed by atoms with E-state index in [1.807, 2.05) is 0 Å². The van der Waals surface area contributed by atoms with Gasteiger partial charge in [0.05, 0.1) is 10.8 Å². The van der Waals surface area contributed by atoms with E-state index in [0.717, 1.165) is 22.0 Å². The summed E-state index contributed by atoms with van der Waals surface area (Å²) in [6, 6.07) is 0. The lowest BCUT2D eigenvalue weighted by molar-refractivity contribution is 0.612. The number of allylic oxidation sites excluding steroid dienone is 2. The third-order valence-corrected chi connectivity index (χ3v) is 1.92. The zero-order chi connectivity index (χ0) is 10.5. The van der Waals surface area contributed by atoms with Crippen LogP contribution in [0.2, 0.25) is 0 Å². The third-order valence-electron chi connectivity index (χ3n) is 1.02. The monoisotopic (exact) mass is 198 g/mol. The molecular formula is C10H14O2S. The maximum Gasteiger partial charge on any atom is 0.207 e. The van der Waals surface area contributed by atoms with Crippen molar-refractivity contribution in [3.8, 4) is 0 Å². The first-order valence-corrected chi connectivity index (χ1v) is 5.49. The summed E-state index contributed by atoms with van der Waals surface area (Å²) in [5.41, 5.74) is 6.92. The van der Waals surface area contributed by atoms with Gasteiger partial charge in [0.25, 0.3) is 0 Å². The summed E-state index contributed by atoms with van der Waals surface area (Å²) in [5, 5.41) is 2.11. The Hall–Kier alpha value is -1.01. The molecular weight excluding hydrogens is 184 g/mol. The molecule has 0 bridgehead atoms. The quantitative estimate of drug-likeness (QED) is 0.639. The predicted molar refractivity (Wildman–Crippen MR) is 54.8 cm³/mol. The van der Waals surface area contributed by atoms with Gasteiger partial charge in [-0.15, -0.1) is 11.5 Å². The van der Waals surface area contributed by atoms with E-state index in [4.69, 9.17) is 0 Å². The summed E-state index contributed by atoms with van der Waals surface area (Å²) in [4.78, 5) is 0. The van der Waals surface area contributed by atoms with Gasteiger partial charge in [-0.1, -0.05) is 0 Å². The molecule has 0 aromatic carbocycles. The van der Waals surface area contributed by atoms with Crippen LogP contribution in [0, 0.1) is 0 Å². The van der Waals surface area contributed by atoms with Gasteiger partial charge < -0.3 is 0 Å². The zero-order valence-corrected chi connectivity index (χ0v) is 9.20. The van der Waals surface area contributed by atoms with Gasteiger partial charge in [-0.3, -0.25) is 0 Å². The molecule has 0 atom stereocenters. The van der Waals surface area contributed by atoms with Gasteiger partial charge in [-0.2, -0.15) is 0 Å². The molecule has 0 radical (unpaired) electrons. The van der Waals surface area contributed by atoms with Crippen molar-refractivity contribution >= 4 is 9.84 Å². The molecule has 3 heteroatoms. The van der Waals surface area contributed by atoms with Gasteiger partial charge in [0.2, 0.25) is 9.84 Å². The number of sulfone groups is 1. The number of hydrogen-bond acceptors (Lipinski definition) is 2. The summed E-state index contributed by atoms with van der Waals surface area (Å²) in [5.74, 6) is 0. The molecule has 0 aliphatic heterocycles. The van der Waals surface area contributed by atoms with Crippen molar-refractivity contribution in [1.29, 1.82) is 0 Å². The van der Waals surface area contributed by atoms with E-state index in [0.29, 0.717) is 0 Å². The summed E-state index contributed by atoms with van der Waals surface area (Å²) in [7, 11) is -3.29. The average molecular weight is 198 g/mol. The Morgan fingerprint density at radius 2 is 1.23 bits per heavy atom. The van der Waals surface area contributed by atoms with Crippen molar-refractivity contribution in [3.05, 3.63) is 33.4 Å². The fourth-order valence-corrected chi connectivity index (χ4v) is 1.30. The van der Waals surface area contributed by atoms with E-state index in [1.165, 1.54) is 0 Å². The standard InChI is InChI=1S/C10H14O2S/c1-9(2)5-7-13(11,12)8-6-10(3)4/h7-8H,1-4H3. The molecule has 0 fully saturated rings. The minimum atomic E-state index is -3.29. The Labute approximate surface area is 79.9 Å². The predicted octanol–water partition coefficient (Wildman–Crippen LogP) is 2.56. The third kappa shape index (κ3) is 7.35. The number of hydrogen-bond donors (Lipinski definition) is 0. The maximum absolute atomic E-state index is 11.2. The maximum atomic E-state index is 11.2. The molecule has 0 saturated carbocycles. The topological polar surface area (TPSA) is 34.1 Å². The highest BCUT2D eigenvalue weighted by molar-refractivity contribution is 7.97. The summed E-state index contributed by atoms with van der Waals surface area (Å²) < 4.78 is 22.4. The Balaban J connectivity index is 5.07. The fourth-order valence-electron chi connectivity index (χ4n) is 0.434. The van der Waals surface area contributed by atoms with Gasteiger partial charge in [0.15, 0.2) is 0 Å². The van der Waals surface area contributed by atoms with Gasteiger partial charge in [0.1, 0.15) is 0 Å². The van der Waals surface area contributed by atoms with Gasteiger partial charge in [0, 0.05) is 0 Å². The van der Waals surface area contributed by atoms with Crippen LogP contribution < -0.4 is 0 Å². The van der Waals surface area contributed by atoms with Gasteiger partial charge in [-0.05, 0) is 38.8 Å². The van der Waals surface area contributed by atoms with E-state index >= 15 is 0 Å². The first-order chi connectivity index (χ1) is 5.83. The van der Waals surface area contributed by atoms with Gasteiger partial charge >= 0.3 is 0 Å². The van der Waals surface area contributed by atoms with E-state index in [1.54, 1.807) is 27.7 Å². The van der Waals surface area contributed by atoms with Crippen LogP contribution in [0.3, 0.4) is 0 Å².